The summed E-state index contributed by atoms with van der Waals surface area (Å²) in [5.74, 6) is 1.88. The summed E-state index contributed by atoms with van der Waals surface area (Å²) in [6, 6.07) is 37.7. The van der Waals surface area contributed by atoms with Gasteiger partial charge >= 0.3 is 0 Å². The summed E-state index contributed by atoms with van der Waals surface area (Å²) in [6.07, 6.45) is 0.163. The number of para-hydroxylation sites is 2. The Kier molecular flexibility index (Phi) is 13.1. The van der Waals surface area contributed by atoms with Gasteiger partial charge in [0.15, 0.2) is 0 Å². The number of aromatic hydroxyl groups is 2. The molecule has 0 radical (unpaired) electrons. The highest BCUT2D eigenvalue weighted by Crippen LogP contribution is 2.47. The minimum atomic E-state index is -0.219. The lowest BCUT2D eigenvalue weighted by Crippen LogP contribution is -2.23. The molecule has 63 heavy (non-hydrogen) atoms. The molecule has 0 aliphatic carbocycles. The van der Waals surface area contributed by atoms with Crippen LogP contribution in [0.2, 0.25) is 0 Å². The van der Waals surface area contributed by atoms with Gasteiger partial charge in [-0.3, -0.25) is 0 Å². The first-order chi connectivity index (χ1) is 29.2. The Morgan fingerprint density at radius 2 is 0.683 bits per heavy atom. The van der Waals surface area contributed by atoms with Crippen LogP contribution in [0.15, 0.2) is 109 Å². The first kappa shape index (κ1) is 47.0. The molecule has 0 fully saturated rings. The van der Waals surface area contributed by atoms with Crippen LogP contribution in [0.4, 0.5) is 0 Å². The van der Waals surface area contributed by atoms with Gasteiger partial charge in [0.25, 0.3) is 0 Å². The normalized spacial score (nSPS) is 13.5. The standard InChI is InChI=1S/C59H72O4/c1-36-25-48(40-30-42(56(5,6)7)34-43(31-40)57(8,9)10)54(60)50(27-36)46-21-17-19-23-52(46)62-38(3)29-39(4)63-53-24-20-18-22-47(53)51-28-37(2)26-49(55(51)61)41-32-44(58(11,12)13)35-45(33-41)59(14,15)16/h17-28,30-35,38-39,60-61H,29H2,1-16H3/t38-,39?/m0/s1. The molecule has 6 aromatic rings. The van der Waals surface area contributed by atoms with Gasteiger partial charge in [0.2, 0.25) is 0 Å². The predicted molar refractivity (Wildman–Crippen MR) is 267 cm³/mol. The van der Waals surface area contributed by atoms with Crippen molar-refractivity contribution in [2.24, 2.45) is 0 Å². The summed E-state index contributed by atoms with van der Waals surface area (Å²) < 4.78 is 13.5. The highest BCUT2D eigenvalue weighted by atomic mass is 16.5. The molecule has 6 rings (SSSR count). The first-order valence-electron chi connectivity index (χ1n) is 22.7. The van der Waals surface area contributed by atoms with Crippen molar-refractivity contribution in [2.75, 3.05) is 0 Å². The molecule has 0 bridgehead atoms. The van der Waals surface area contributed by atoms with Crippen molar-refractivity contribution in [3.05, 3.63) is 143 Å². The number of rotatable bonds is 10. The fourth-order valence-electron chi connectivity index (χ4n) is 8.29. The molecule has 2 atom stereocenters. The molecule has 1 unspecified atom stereocenters. The van der Waals surface area contributed by atoms with Gasteiger partial charge in [0.1, 0.15) is 23.0 Å². The second kappa shape index (κ2) is 17.6. The predicted octanol–water partition coefficient (Wildman–Crippen LogP) is 16.2. The smallest absolute Gasteiger partial charge is 0.131 e. The maximum absolute atomic E-state index is 12.1. The fraction of sp³-hybridized carbons (Fsp3) is 0.390. The van der Waals surface area contributed by atoms with Crippen molar-refractivity contribution in [1.29, 1.82) is 0 Å². The second-order valence-electron chi connectivity index (χ2n) is 22.1. The molecule has 0 heterocycles. The topological polar surface area (TPSA) is 58.9 Å². The van der Waals surface area contributed by atoms with Gasteiger partial charge in [-0.25, -0.2) is 0 Å². The highest BCUT2D eigenvalue weighted by Gasteiger charge is 2.26. The Balaban J connectivity index is 1.28. The Hall–Kier alpha value is -5.48. The van der Waals surface area contributed by atoms with Crippen LogP contribution in [0.3, 0.4) is 0 Å². The third-order valence-electron chi connectivity index (χ3n) is 12.1. The van der Waals surface area contributed by atoms with E-state index in [1.807, 2.05) is 60.7 Å². The van der Waals surface area contributed by atoms with E-state index in [0.29, 0.717) is 17.9 Å². The summed E-state index contributed by atoms with van der Waals surface area (Å²) in [5.41, 5.74) is 13.6. The van der Waals surface area contributed by atoms with E-state index in [-0.39, 0.29) is 45.4 Å². The molecule has 4 nitrogen and oxygen atoms in total. The van der Waals surface area contributed by atoms with Crippen LogP contribution in [0.25, 0.3) is 44.5 Å². The Bertz CT molecular complexity index is 2360. The van der Waals surface area contributed by atoms with Gasteiger partial charge in [-0.1, -0.05) is 156 Å². The van der Waals surface area contributed by atoms with Crippen LogP contribution in [0.5, 0.6) is 23.0 Å². The van der Waals surface area contributed by atoms with E-state index >= 15 is 0 Å². The van der Waals surface area contributed by atoms with Gasteiger partial charge < -0.3 is 19.7 Å². The van der Waals surface area contributed by atoms with Crippen molar-refractivity contribution in [3.8, 4) is 67.5 Å². The van der Waals surface area contributed by atoms with Crippen LogP contribution in [-0.4, -0.2) is 22.4 Å². The largest absolute Gasteiger partial charge is 0.507 e. The van der Waals surface area contributed by atoms with Gasteiger partial charge in [-0.15, -0.1) is 0 Å². The summed E-state index contributed by atoms with van der Waals surface area (Å²) in [6.45, 7) is 35.1. The third-order valence-corrected chi connectivity index (χ3v) is 12.1. The molecule has 0 spiro atoms. The zero-order chi connectivity index (χ0) is 46.4. The number of aryl methyl sites for hydroxylation is 2. The SMILES string of the molecule is Cc1cc(-c2cc(C(C)(C)C)cc(C(C)(C)C)c2)c(O)c(-c2ccccc2OC(C)C[C@H](C)Oc2ccccc2-c2cc(C)cc(-c3cc(C(C)(C)C)cc(C(C)(C)C)c3)c2O)c1. The second-order valence-corrected chi connectivity index (χ2v) is 22.1. The van der Waals surface area contributed by atoms with Crippen LogP contribution >= 0.6 is 0 Å². The lowest BCUT2D eigenvalue weighted by molar-refractivity contribution is 0.131. The lowest BCUT2D eigenvalue weighted by Gasteiger charge is -2.27. The number of benzene rings is 6. The number of ether oxygens (including phenoxy) is 2. The zero-order valence-electron chi connectivity index (χ0n) is 41.0. The number of hydrogen-bond donors (Lipinski definition) is 2. The van der Waals surface area contributed by atoms with E-state index < -0.39 is 0 Å². The highest BCUT2D eigenvalue weighted by molar-refractivity contribution is 5.87. The van der Waals surface area contributed by atoms with Crippen LogP contribution in [-0.2, 0) is 21.7 Å². The van der Waals surface area contributed by atoms with Gasteiger partial charge in [-0.05, 0) is 130 Å². The molecule has 4 heteroatoms. The molecular formula is C59H72O4. The van der Waals surface area contributed by atoms with E-state index in [0.717, 1.165) is 55.6 Å². The molecular weight excluding hydrogens is 773 g/mol. The minimum absolute atomic E-state index is 0.0560. The molecule has 0 aliphatic rings. The van der Waals surface area contributed by atoms with Crippen molar-refractivity contribution in [2.45, 2.75) is 151 Å². The Morgan fingerprint density at radius 3 is 0.984 bits per heavy atom. The van der Waals surface area contributed by atoms with Crippen molar-refractivity contribution < 1.29 is 19.7 Å². The van der Waals surface area contributed by atoms with E-state index in [9.17, 15) is 10.2 Å². The molecule has 332 valence electrons. The number of phenolic OH excluding ortho intramolecular Hbond substituents is 2. The summed E-state index contributed by atoms with van der Waals surface area (Å²) in [4.78, 5) is 0. The van der Waals surface area contributed by atoms with Crippen LogP contribution < -0.4 is 9.47 Å². The molecule has 0 aromatic heterocycles. The molecule has 6 aromatic carbocycles. The van der Waals surface area contributed by atoms with Crippen molar-refractivity contribution >= 4 is 0 Å². The van der Waals surface area contributed by atoms with Crippen LogP contribution in [0, 0.1) is 13.8 Å². The third kappa shape index (κ3) is 10.8. The molecule has 2 N–H and O–H groups in total. The molecule has 0 aliphatic heterocycles. The average Bonchev–Trinajstić information content (AvgIpc) is 3.18. The zero-order valence-corrected chi connectivity index (χ0v) is 41.0. The van der Waals surface area contributed by atoms with Crippen molar-refractivity contribution in [3.63, 3.8) is 0 Å². The van der Waals surface area contributed by atoms with E-state index in [4.69, 9.17) is 9.47 Å². The summed E-state index contributed by atoms with van der Waals surface area (Å²) >= 11 is 0. The van der Waals surface area contributed by atoms with Crippen LogP contribution in [0.1, 0.15) is 137 Å². The number of phenols is 2. The minimum Gasteiger partial charge on any atom is -0.507 e. The van der Waals surface area contributed by atoms with Gasteiger partial charge in [-0.2, -0.15) is 0 Å². The summed E-state index contributed by atoms with van der Waals surface area (Å²) in [7, 11) is 0. The molecule has 0 amide bonds. The summed E-state index contributed by atoms with van der Waals surface area (Å²) in [5, 5.41) is 24.2. The molecule has 0 saturated carbocycles. The van der Waals surface area contributed by atoms with E-state index in [1.54, 1.807) is 0 Å². The maximum atomic E-state index is 12.1. The van der Waals surface area contributed by atoms with Gasteiger partial charge in [0, 0.05) is 39.8 Å². The average molecular weight is 845 g/mol. The Labute approximate surface area is 379 Å². The monoisotopic (exact) mass is 845 g/mol. The molecule has 0 saturated heterocycles. The Morgan fingerprint density at radius 1 is 0.397 bits per heavy atom. The maximum Gasteiger partial charge on any atom is 0.131 e. The quantitative estimate of drug-likeness (QED) is 0.144. The first-order valence-corrected chi connectivity index (χ1v) is 22.7. The fourth-order valence-corrected chi connectivity index (χ4v) is 8.29. The lowest BCUT2D eigenvalue weighted by atomic mass is 9.78. The number of hydrogen-bond acceptors (Lipinski definition) is 4. The van der Waals surface area contributed by atoms with E-state index in [2.05, 4.69) is 159 Å². The van der Waals surface area contributed by atoms with Crippen molar-refractivity contribution in [1.82, 2.24) is 0 Å². The van der Waals surface area contributed by atoms with E-state index in [1.165, 1.54) is 22.3 Å². The van der Waals surface area contributed by atoms with Gasteiger partial charge in [0.05, 0.1) is 12.2 Å².